The number of urea groups is 1. The van der Waals surface area contributed by atoms with Crippen molar-refractivity contribution in [3.05, 3.63) is 0 Å². The highest BCUT2D eigenvalue weighted by Crippen LogP contribution is 2.17. The number of likely N-dealkylation sites (tertiary alicyclic amines) is 1. The number of rotatable bonds is 4. The van der Waals surface area contributed by atoms with E-state index in [1.165, 1.54) is 4.90 Å². The lowest BCUT2D eigenvalue weighted by Crippen LogP contribution is -2.47. The maximum absolute atomic E-state index is 11.7. The molecule has 1 fully saturated rings. The highest BCUT2D eigenvalue weighted by molar-refractivity contribution is 7.99. The van der Waals surface area contributed by atoms with Gasteiger partial charge in [-0.3, -0.25) is 0 Å². The van der Waals surface area contributed by atoms with Gasteiger partial charge in [-0.05, 0) is 19.1 Å². The van der Waals surface area contributed by atoms with Gasteiger partial charge in [0.15, 0.2) is 0 Å². The summed E-state index contributed by atoms with van der Waals surface area (Å²) in [5, 5.41) is 12.0. The van der Waals surface area contributed by atoms with Crippen molar-refractivity contribution in [3.63, 3.8) is 0 Å². The molecule has 2 amide bonds. The summed E-state index contributed by atoms with van der Waals surface area (Å²) in [5.74, 6) is -0.912. The van der Waals surface area contributed by atoms with Crippen molar-refractivity contribution in [3.8, 4) is 0 Å². The van der Waals surface area contributed by atoms with Gasteiger partial charge in [-0.15, -0.1) is 0 Å². The van der Waals surface area contributed by atoms with Crippen LogP contribution in [0, 0.1) is 0 Å². The van der Waals surface area contributed by atoms with Crippen LogP contribution in [0.2, 0.25) is 0 Å². The summed E-state index contributed by atoms with van der Waals surface area (Å²) in [4.78, 5) is 24.0. The zero-order chi connectivity index (χ0) is 12.1. The molecule has 1 aliphatic heterocycles. The molecule has 0 aliphatic carbocycles. The zero-order valence-electron chi connectivity index (χ0n) is 9.60. The lowest BCUT2D eigenvalue weighted by atomic mass is 10.2. The van der Waals surface area contributed by atoms with Gasteiger partial charge in [-0.25, -0.2) is 9.59 Å². The largest absolute Gasteiger partial charge is 0.480 e. The van der Waals surface area contributed by atoms with Crippen molar-refractivity contribution in [1.82, 2.24) is 10.2 Å². The minimum Gasteiger partial charge on any atom is -0.480 e. The van der Waals surface area contributed by atoms with E-state index in [4.69, 9.17) is 5.11 Å². The molecule has 1 rings (SSSR count). The standard InChI is InChI=1S/C10H18N2O3S/c1-7(16-2)6-11-10(15)12-5-3-4-8(12)9(13)14/h7-8H,3-6H2,1-2H3,(H,11,15)(H,13,14)/t7?,8-/m1/s1. The van der Waals surface area contributed by atoms with Crippen LogP contribution in [0.3, 0.4) is 0 Å². The lowest BCUT2D eigenvalue weighted by Gasteiger charge is -2.22. The normalized spacial score (nSPS) is 21.9. The van der Waals surface area contributed by atoms with E-state index in [0.29, 0.717) is 24.8 Å². The summed E-state index contributed by atoms with van der Waals surface area (Å²) in [7, 11) is 0. The molecule has 2 atom stereocenters. The quantitative estimate of drug-likeness (QED) is 0.776. The maximum atomic E-state index is 11.7. The van der Waals surface area contributed by atoms with Gasteiger partial charge in [0, 0.05) is 18.3 Å². The Morgan fingerprint density at radius 2 is 2.31 bits per heavy atom. The van der Waals surface area contributed by atoms with Gasteiger partial charge in [-0.2, -0.15) is 11.8 Å². The third-order valence-corrected chi connectivity index (χ3v) is 3.71. The number of carboxylic acids is 1. The van der Waals surface area contributed by atoms with Crippen LogP contribution in [0.5, 0.6) is 0 Å². The average molecular weight is 246 g/mol. The van der Waals surface area contributed by atoms with Crippen molar-refractivity contribution in [2.75, 3.05) is 19.3 Å². The molecule has 92 valence electrons. The Kier molecular flexibility index (Phi) is 4.92. The summed E-state index contributed by atoms with van der Waals surface area (Å²) < 4.78 is 0. The van der Waals surface area contributed by atoms with Crippen LogP contribution in [-0.2, 0) is 4.79 Å². The van der Waals surface area contributed by atoms with Crippen LogP contribution in [-0.4, -0.2) is 52.6 Å². The van der Waals surface area contributed by atoms with E-state index in [-0.39, 0.29) is 6.03 Å². The first-order valence-corrected chi connectivity index (χ1v) is 6.65. The monoisotopic (exact) mass is 246 g/mol. The van der Waals surface area contributed by atoms with E-state index in [9.17, 15) is 9.59 Å². The molecule has 0 radical (unpaired) electrons. The van der Waals surface area contributed by atoms with E-state index in [1.807, 2.05) is 13.2 Å². The first kappa shape index (κ1) is 13.2. The maximum Gasteiger partial charge on any atom is 0.326 e. The highest BCUT2D eigenvalue weighted by Gasteiger charge is 2.33. The van der Waals surface area contributed by atoms with E-state index in [2.05, 4.69) is 5.32 Å². The van der Waals surface area contributed by atoms with Gasteiger partial charge in [-0.1, -0.05) is 6.92 Å². The Balaban J connectivity index is 2.44. The number of nitrogens with one attached hydrogen (secondary N) is 1. The molecule has 0 spiro atoms. The Hall–Kier alpha value is -0.910. The second kappa shape index (κ2) is 5.98. The van der Waals surface area contributed by atoms with Crippen molar-refractivity contribution >= 4 is 23.8 Å². The van der Waals surface area contributed by atoms with E-state index in [0.717, 1.165) is 6.42 Å². The fourth-order valence-corrected chi connectivity index (χ4v) is 1.93. The summed E-state index contributed by atoms with van der Waals surface area (Å²) in [5.41, 5.74) is 0. The molecular formula is C10H18N2O3S. The van der Waals surface area contributed by atoms with E-state index in [1.54, 1.807) is 11.8 Å². The molecule has 0 aromatic carbocycles. The third kappa shape index (κ3) is 3.30. The van der Waals surface area contributed by atoms with Crippen molar-refractivity contribution in [2.45, 2.75) is 31.1 Å². The Bertz CT molecular complexity index is 273. The topological polar surface area (TPSA) is 69.6 Å². The molecular weight excluding hydrogens is 228 g/mol. The summed E-state index contributed by atoms with van der Waals surface area (Å²) in [6.45, 7) is 3.13. The third-order valence-electron chi connectivity index (χ3n) is 2.74. The Morgan fingerprint density at radius 3 is 2.88 bits per heavy atom. The van der Waals surface area contributed by atoms with Gasteiger partial charge in [0.2, 0.25) is 0 Å². The molecule has 16 heavy (non-hydrogen) atoms. The zero-order valence-corrected chi connectivity index (χ0v) is 10.4. The fourth-order valence-electron chi connectivity index (χ4n) is 1.68. The molecule has 1 heterocycles. The number of amides is 2. The van der Waals surface area contributed by atoms with Crippen LogP contribution >= 0.6 is 11.8 Å². The number of hydrogen-bond donors (Lipinski definition) is 2. The molecule has 1 unspecified atom stereocenters. The Labute approximate surface area is 99.6 Å². The molecule has 5 nitrogen and oxygen atoms in total. The van der Waals surface area contributed by atoms with Crippen LogP contribution < -0.4 is 5.32 Å². The number of carbonyl (C=O) groups excluding carboxylic acids is 1. The van der Waals surface area contributed by atoms with Crippen LogP contribution in [0.15, 0.2) is 0 Å². The number of carbonyl (C=O) groups is 2. The number of hydrogen-bond acceptors (Lipinski definition) is 3. The molecule has 1 saturated heterocycles. The van der Waals surface area contributed by atoms with Gasteiger partial charge in [0.05, 0.1) is 0 Å². The van der Waals surface area contributed by atoms with Gasteiger partial charge in [0.25, 0.3) is 0 Å². The minimum atomic E-state index is -0.912. The number of thioether (sulfide) groups is 1. The second-order valence-corrected chi connectivity index (χ2v) is 5.20. The van der Waals surface area contributed by atoms with Gasteiger partial charge >= 0.3 is 12.0 Å². The van der Waals surface area contributed by atoms with Crippen molar-refractivity contribution in [1.29, 1.82) is 0 Å². The number of nitrogens with zero attached hydrogens (tertiary/aromatic N) is 1. The van der Waals surface area contributed by atoms with E-state index < -0.39 is 12.0 Å². The fraction of sp³-hybridized carbons (Fsp3) is 0.800. The molecule has 0 aromatic heterocycles. The van der Waals surface area contributed by atoms with Crippen LogP contribution in [0.1, 0.15) is 19.8 Å². The molecule has 0 bridgehead atoms. The molecule has 2 N–H and O–H groups in total. The SMILES string of the molecule is CSC(C)CNC(=O)N1CCC[C@@H]1C(=O)O. The summed E-state index contributed by atoms with van der Waals surface area (Å²) in [6, 6.07) is -0.907. The van der Waals surface area contributed by atoms with Crippen LogP contribution in [0.25, 0.3) is 0 Å². The van der Waals surface area contributed by atoms with Gasteiger partial charge in [0.1, 0.15) is 6.04 Å². The smallest absolute Gasteiger partial charge is 0.326 e. The summed E-state index contributed by atoms with van der Waals surface area (Å²) >= 11 is 1.67. The predicted octanol–water partition coefficient (Wildman–Crippen LogP) is 0.996. The van der Waals surface area contributed by atoms with Crippen molar-refractivity contribution in [2.24, 2.45) is 0 Å². The average Bonchev–Trinajstić information content (AvgIpc) is 2.74. The number of aliphatic carboxylic acids is 1. The lowest BCUT2D eigenvalue weighted by molar-refractivity contribution is -0.141. The number of carboxylic acid groups (broad SMARTS) is 1. The van der Waals surface area contributed by atoms with E-state index >= 15 is 0 Å². The van der Waals surface area contributed by atoms with Crippen molar-refractivity contribution < 1.29 is 14.7 Å². The minimum absolute atomic E-state index is 0.259. The molecule has 0 aromatic rings. The second-order valence-electron chi connectivity index (χ2n) is 3.92. The molecule has 6 heteroatoms. The molecule has 0 saturated carbocycles. The van der Waals surface area contributed by atoms with Gasteiger partial charge < -0.3 is 15.3 Å². The first-order chi connectivity index (χ1) is 7.56. The predicted molar refractivity (Wildman–Crippen MR) is 63.7 cm³/mol. The highest BCUT2D eigenvalue weighted by atomic mass is 32.2. The summed E-state index contributed by atoms with van der Waals surface area (Å²) in [6.07, 6.45) is 3.30. The first-order valence-electron chi connectivity index (χ1n) is 5.36. The Morgan fingerprint density at radius 1 is 1.62 bits per heavy atom. The molecule has 1 aliphatic rings. The van der Waals surface area contributed by atoms with Crippen LogP contribution in [0.4, 0.5) is 4.79 Å².